The number of anilines is 1. The number of nitrogens with one attached hydrogen (secondary N) is 1. The molecule has 2 rings (SSSR count). The van der Waals surface area contributed by atoms with Crippen molar-refractivity contribution in [3.8, 4) is 5.75 Å². The summed E-state index contributed by atoms with van der Waals surface area (Å²) in [7, 11) is 0. The van der Waals surface area contributed by atoms with Crippen LogP contribution in [0.25, 0.3) is 0 Å². The summed E-state index contributed by atoms with van der Waals surface area (Å²) in [5, 5.41) is 12.6. The summed E-state index contributed by atoms with van der Waals surface area (Å²) in [5.74, 6) is -1.09. The molecule has 0 bridgehead atoms. The molecular weight excluding hydrogens is 238 g/mol. The van der Waals surface area contributed by atoms with Gasteiger partial charge in [0, 0.05) is 17.7 Å². The molecule has 1 atom stereocenters. The van der Waals surface area contributed by atoms with Crippen molar-refractivity contribution in [1.29, 1.82) is 0 Å². The number of pyridine rings is 1. The minimum absolute atomic E-state index is 0.139. The van der Waals surface area contributed by atoms with Crippen LogP contribution in [-0.4, -0.2) is 10.1 Å². The van der Waals surface area contributed by atoms with Crippen LogP contribution in [0, 0.1) is 11.6 Å². The fourth-order valence-electron chi connectivity index (χ4n) is 1.70. The molecule has 1 heterocycles. The molecule has 2 aromatic rings. The molecule has 1 aromatic heterocycles. The molecule has 0 spiro atoms. The van der Waals surface area contributed by atoms with E-state index in [1.807, 2.05) is 0 Å². The predicted molar refractivity (Wildman–Crippen MR) is 64.3 cm³/mol. The molecule has 0 aliphatic rings. The van der Waals surface area contributed by atoms with Crippen LogP contribution < -0.4 is 5.32 Å². The summed E-state index contributed by atoms with van der Waals surface area (Å²) >= 11 is 0. The van der Waals surface area contributed by atoms with Crippen molar-refractivity contribution in [1.82, 2.24) is 4.98 Å². The van der Waals surface area contributed by atoms with Gasteiger partial charge in [-0.25, -0.2) is 8.78 Å². The smallest absolute Gasteiger partial charge is 0.143 e. The summed E-state index contributed by atoms with van der Waals surface area (Å²) < 4.78 is 25.8. The molecule has 1 aromatic carbocycles. The number of nitrogens with zero attached hydrogens (tertiary/aromatic N) is 1. The maximum absolute atomic E-state index is 13.0. The van der Waals surface area contributed by atoms with Crippen LogP contribution in [0.5, 0.6) is 5.75 Å². The molecule has 0 amide bonds. The molecule has 0 saturated heterocycles. The third-order valence-electron chi connectivity index (χ3n) is 2.55. The Kier molecular flexibility index (Phi) is 3.41. The Bertz CT molecular complexity index is 560. The van der Waals surface area contributed by atoms with E-state index in [2.05, 4.69) is 10.3 Å². The van der Waals surface area contributed by atoms with Gasteiger partial charge < -0.3 is 10.4 Å². The largest absolute Gasteiger partial charge is 0.507 e. The minimum Gasteiger partial charge on any atom is -0.507 e. The van der Waals surface area contributed by atoms with Crippen molar-refractivity contribution in [2.24, 2.45) is 0 Å². The fraction of sp³-hybridized carbons (Fsp3) is 0.154. The van der Waals surface area contributed by atoms with Gasteiger partial charge in [-0.05, 0) is 13.0 Å². The van der Waals surface area contributed by atoms with Crippen LogP contribution in [-0.2, 0) is 0 Å². The van der Waals surface area contributed by atoms with Gasteiger partial charge in [-0.3, -0.25) is 4.98 Å². The lowest BCUT2D eigenvalue weighted by Gasteiger charge is -2.16. The number of hydrogen-bond donors (Lipinski definition) is 2. The Balaban J connectivity index is 2.19. The summed E-state index contributed by atoms with van der Waals surface area (Å²) in [4.78, 5) is 3.71. The molecule has 0 radical (unpaired) electrons. The molecule has 3 nitrogen and oxygen atoms in total. The monoisotopic (exact) mass is 250 g/mol. The lowest BCUT2D eigenvalue weighted by atomic mass is 10.1. The van der Waals surface area contributed by atoms with E-state index in [1.54, 1.807) is 6.92 Å². The molecule has 94 valence electrons. The van der Waals surface area contributed by atoms with Crippen molar-refractivity contribution in [3.63, 3.8) is 0 Å². The first kappa shape index (κ1) is 12.3. The van der Waals surface area contributed by atoms with Gasteiger partial charge >= 0.3 is 0 Å². The van der Waals surface area contributed by atoms with Gasteiger partial charge in [0.05, 0.1) is 24.1 Å². The molecule has 18 heavy (non-hydrogen) atoms. The van der Waals surface area contributed by atoms with Crippen molar-refractivity contribution < 1.29 is 13.9 Å². The summed E-state index contributed by atoms with van der Waals surface area (Å²) in [5.41, 5.74) is 1.02. The first-order valence-electron chi connectivity index (χ1n) is 5.42. The molecular formula is C13H12F2N2O. The summed E-state index contributed by atoms with van der Waals surface area (Å²) in [6, 6.07) is 4.78. The van der Waals surface area contributed by atoms with Gasteiger partial charge in [0.25, 0.3) is 0 Å². The maximum Gasteiger partial charge on any atom is 0.143 e. The first-order chi connectivity index (χ1) is 8.56. The van der Waals surface area contributed by atoms with Crippen molar-refractivity contribution in [2.75, 3.05) is 5.32 Å². The van der Waals surface area contributed by atoms with E-state index in [-0.39, 0.29) is 11.8 Å². The Morgan fingerprint density at radius 2 is 1.94 bits per heavy atom. The van der Waals surface area contributed by atoms with Gasteiger partial charge in [0.15, 0.2) is 0 Å². The summed E-state index contributed by atoms with van der Waals surface area (Å²) in [6.45, 7) is 1.78. The van der Waals surface area contributed by atoms with Gasteiger partial charge in [-0.2, -0.15) is 0 Å². The number of hydrogen-bond acceptors (Lipinski definition) is 3. The highest BCUT2D eigenvalue weighted by Gasteiger charge is 2.11. The van der Waals surface area contributed by atoms with Gasteiger partial charge in [0.2, 0.25) is 0 Å². The number of aromatic nitrogens is 1. The van der Waals surface area contributed by atoms with Crippen molar-refractivity contribution in [3.05, 3.63) is 53.9 Å². The number of phenolic OH excluding ortho intramolecular Hbond substituents is 1. The number of benzene rings is 1. The van der Waals surface area contributed by atoms with Crippen molar-refractivity contribution >= 4 is 5.69 Å². The van der Waals surface area contributed by atoms with Crippen LogP contribution in [0.15, 0.2) is 36.7 Å². The zero-order valence-electron chi connectivity index (χ0n) is 9.69. The summed E-state index contributed by atoms with van der Waals surface area (Å²) in [6.07, 6.45) is 2.57. The lowest BCUT2D eigenvalue weighted by Crippen LogP contribution is -2.07. The predicted octanol–water partition coefficient (Wildman–Crippen LogP) is 3.24. The molecule has 0 aliphatic carbocycles. The topological polar surface area (TPSA) is 45.2 Å². The molecule has 0 fully saturated rings. The highest BCUT2D eigenvalue weighted by molar-refractivity contribution is 5.45. The van der Waals surface area contributed by atoms with Crippen LogP contribution in [0.4, 0.5) is 14.5 Å². The van der Waals surface area contributed by atoms with Crippen LogP contribution in [0.3, 0.4) is 0 Å². The minimum atomic E-state index is -0.504. The molecule has 1 unspecified atom stereocenters. The number of rotatable bonds is 3. The highest BCUT2D eigenvalue weighted by Crippen LogP contribution is 2.27. The van der Waals surface area contributed by atoms with E-state index in [9.17, 15) is 13.9 Å². The third kappa shape index (κ3) is 2.74. The standard InChI is InChI=1S/C13H12F2N2O/c1-8(12-3-2-9(14)5-13(12)18)17-11-4-10(15)6-16-7-11/h2-8,17-18H,1H3. The molecule has 2 N–H and O–H groups in total. The normalized spacial score (nSPS) is 12.2. The van der Waals surface area contributed by atoms with E-state index in [0.29, 0.717) is 11.3 Å². The van der Waals surface area contributed by atoms with Crippen LogP contribution >= 0.6 is 0 Å². The maximum atomic E-state index is 13.0. The van der Waals surface area contributed by atoms with Crippen LogP contribution in [0.2, 0.25) is 0 Å². The lowest BCUT2D eigenvalue weighted by molar-refractivity contribution is 0.459. The SMILES string of the molecule is CC(Nc1cncc(F)c1)c1ccc(F)cc1O. The zero-order chi connectivity index (χ0) is 13.1. The Morgan fingerprint density at radius 1 is 1.17 bits per heavy atom. The average molecular weight is 250 g/mol. The quantitative estimate of drug-likeness (QED) is 0.879. The van der Waals surface area contributed by atoms with Gasteiger partial charge in [0.1, 0.15) is 17.4 Å². The van der Waals surface area contributed by atoms with Gasteiger partial charge in [-0.1, -0.05) is 6.07 Å². The fourth-order valence-corrected chi connectivity index (χ4v) is 1.70. The highest BCUT2D eigenvalue weighted by atomic mass is 19.1. The van der Waals surface area contributed by atoms with Crippen molar-refractivity contribution in [2.45, 2.75) is 13.0 Å². The first-order valence-corrected chi connectivity index (χ1v) is 5.42. The van der Waals surface area contributed by atoms with E-state index in [1.165, 1.54) is 24.4 Å². The number of aromatic hydroxyl groups is 1. The van der Waals surface area contributed by atoms with E-state index < -0.39 is 11.6 Å². The van der Waals surface area contributed by atoms with E-state index in [4.69, 9.17) is 0 Å². The third-order valence-corrected chi connectivity index (χ3v) is 2.55. The Labute approximate surface area is 103 Å². The Morgan fingerprint density at radius 3 is 2.61 bits per heavy atom. The number of phenols is 1. The second kappa shape index (κ2) is 5.00. The molecule has 5 heteroatoms. The molecule has 0 saturated carbocycles. The Hall–Kier alpha value is -2.17. The second-order valence-corrected chi connectivity index (χ2v) is 3.96. The second-order valence-electron chi connectivity index (χ2n) is 3.96. The molecule has 0 aliphatic heterocycles. The zero-order valence-corrected chi connectivity index (χ0v) is 9.69. The number of halogens is 2. The van der Waals surface area contributed by atoms with Crippen LogP contribution in [0.1, 0.15) is 18.5 Å². The average Bonchev–Trinajstić information content (AvgIpc) is 2.28. The van der Waals surface area contributed by atoms with E-state index in [0.717, 1.165) is 12.3 Å². The van der Waals surface area contributed by atoms with E-state index >= 15 is 0 Å². The van der Waals surface area contributed by atoms with Gasteiger partial charge in [-0.15, -0.1) is 0 Å².